The Morgan fingerprint density at radius 3 is 2.53 bits per heavy atom. The highest BCUT2D eigenvalue weighted by Gasteiger charge is 2.26. The van der Waals surface area contributed by atoms with E-state index in [1.165, 1.54) is 21.1 Å². The zero-order chi connectivity index (χ0) is 24.1. The van der Waals surface area contributed by atoms with Crippen LogP contribution >= 0.6 is 0 Å². The minimum absolute atomic E-state index is 0.0922. The lowest BCUT2D eigenvalue weighted by Gasteiger charge is -2.26. The van der Waals surface area contributed by atoms with Crippen LogP contribution in [0.3, 0.4) is 0 Å². The Bertz CT molecular complexity index is 1350. The molecular formula is C24H28N4O5S. The van der Waals surface area contributed by atoms with Crippen LogP contribution in [0, 0.1) is 0 Å². The second-order valence-corrected chi connectivity index (χ2v) is 10.1. The molecule has 2 heterocycles. The number of carbonyl (C=O) groups is 1. The molecule has 10 heteroatoms. The van der Waals surface area contributed by atoms with E-state index in [0.717, 1.165) is 19.3 Å². The van der Waals surface area contributed by atoms with E-state index in [4.69, 9.17) is 4.74 Å². The fourth-order valence-corrected chi connectivity index (χ4v) is 5.38. The Hall–Kier alpha value is -3.08. The normalized spacial score (nSPS) is 14.9. The molecule has 4 rings (SSSR count). The van der Waals surface area contributed by atoms with Crippen molar-refractivity contribution in [2.75, 3.05) is 31.6 Å². The third kappa shape index (κ3) is 5.03. The van der Waals surface area contributed by atoms with Crippen LogP contribution in [-0.2, 0) is 21.3 Å². The van der Waals surface area contributed by atoms with Gasteiger partial charge in [-0.15, -0.1) is 0 Å². The molecule has 1 fully saturated rings. The topological polar surface area (TPSA) is 111 Å². The van der Waals surface area contributed by atoms with Crippen molar-refractivity contribution in [3.05, 3.63) is 64.6 Å². The summed E-state index contributed by atoms with van der Waals surface area (Å²) in [5, 5.41) is 7.99. The molecule has 180 valence electrons. The molecular weight excluding hydrogens is 456 g/mol. The molecule has 0 unspecified atom stereocenters. The summed E-state index contributed by atoms with van der Waals surface area (Å²) in [5.74, 6) is -0.513. The van der Waals surface area contributed by atoms with Crippen molar-refractivity contribution in [3.63, 3.8) is 0 Å². The Labute approximate surface area is 198 Å². The lowest BCUT2D eigenvalue weighted by atomic mass is 10.1. The number of sulfonamides is 1. The van der Waals surface area contributed by atoms with Crippen molar-refractivity contribution in [3.8, 4) is 0 Å². The maximum Gasteiger partial charge on any atom is 0.276 e. The molecule has 3 aromatic rings. The van der Waals surface area contributed by atoms with Gasteiger partial charge in [0.1, 0.15) is 0 Å². The van der Waals surface area contributed by atoms with E-state index >= 15 is 0 Å². The van der Waals surface area contributed by atoms with Crippen molar-refractivity contribution in [2.24, 2.45) is 0 Å². The van der Waals surface area contributed by atoms with Crippen LogP contribution in [-0.4, -0.2) is 54.7 Å². The molecule has 1 aliphatic heterocycles. The highest BCUT2D eigenvalue weighted by Crippen LogP contribution is 2.22. The Morgan fingerprint density at radius 1 is 1.06 bits per heavy atom. The van der Waals surface area contributed by atoms with Crippen LogP contribution in [0.25, 0.3) is 10.8 Å². The van der Waals surface area contributed by atoms with Gasteiger partial charge >= 0.3 is 0 Å². The number of nitrogens with zero attached hydrogens (tertiary/aromatic N) is 3. The van der Waals surface area contributed by atoms with Crippen LogP contribution in [0.15, 0.2) is 58.2 Å². The van der Waals surface area contributed by atoms with Crippen LogP contribution in [0.5, 0.6) is 0 Å². The molecule has 34 heavy (non-hydrogen) atoms. The molecule has 2 aromatic carbocycles. The number of unbranched alkanes of at least 4 members (excludes halogenated alkanes) is 2. The summed E-state index contributed by atoms with van der Waals surface area (Å²) in [6.07, 6.45) is 2.73. The summed E-state index contributed by atoms with van der Waals surface area (Å²) < 4.78 is 33.9. The maximum absolute atomic E-state index is 13.2. The number of hydrogen-bond donors (Lipinski definition) is 1. The monoisotopic (exact) mass is 484 g/mol. The SMILES string of the molecule is CCCCCn1nc(C(=O)Nc2cccc(S(=O)(=O)N3CCOCC3)c2)c2ccccc2c1=O. The van der Waals surface area contributed by atoms with E-state index in [1.807, 2.05) is 0 Å². The summed E-state index contributed by atoms with van der Waals surface area (Å²) in [5.41, 5.74) is 0.212. The number of rotatable bonds is 8. The highest BCUT2D eigenvalue weighted by molar-refractivity contribution is 7.89. The lowest BCUT2D eigenvalue weighted by molar-refractivity contribution is 0.0730. The molecule has 0 aliphatic carbocycles. The summed E-state index contributed by atoms with van der Waals surface area (Å²) in [4.78, 5) is 26.2. The average Bonchev–Trinajstić information content (AvgIpc) is 2.86. The second kappa shape index (κ2) is 10.5. The van der Waals surface area contributed by atoms with E-state index in [9.17, 15) is 18.0 Å². The number of carbonyl (C=O) groups excluding carboxylic acids is 1. The van der Waals surface area contributed by atoms with Gasteiger partial charge in [-0.05, 0) is 30.7 Å². The van der Waals surface area contributed by atoms with Crippen LogP contribution in [0.4, 0.5) is 5.69 Å². The number of hydrogen-bond acceptors (Lipinski definition) is 6. The highest BCUT2D eigenvalue weighted by atomic mass is 32.2. The molecule has 1 N–H and O–H groups in total. The first-order valence-corrected chi connectivity index (χ1v) is 12.8. The number of aryl methyl sites for hydroxylation is 1. The number of nitrogens with one attached hydrogen (secondary N) is 1. The molecule has 1 aliphatic rings. The standard InChI is InChI=1S/C24H28N4O5S/c1-2-3-6-12-28-24(30)21-11-5-4-10-20(21)22(26-28)23(29)25-18-8-7-9-19(17-18)34(31,32)27-13-15-33-16-14-27/h4-5,7-11,17H,2-3,6,12-16H2,1H3,(H,25,29). The third-order valence-corrected chi connectivity index (χ3v) is 7.65. The number of anilines is 1. The fourth-order valence-electron chi connectivity index (χ4n) is 3.93. The first-order chi connectivity index (χ1) is 16.4. The number of ether oxygens (including phenoxy) is 1. The van der Waals surface area contributed by atoms with Gasteiger partial charge in [0.15, 0.2) is 5.69 Å². The Kier molecular flexibility index (Phi) is 7.40. The van der Waals surface area contributed by atoms with E-state index in [1.54, 1.807) is 36.4 Å². The zero-order valence-electron chi connectivity index (χ0n) is 19.1. The van der Waals surface area contributed by atoms with Gasteiger partial charge in [-0.25, -0.2) is 13.1 Å². The molecule has 0 atom stereocenters. The molecule has 1 saturated heterocycles. The zero-order valence-corrected chi connectivity index (χ0v) is 19.9. The quantitative estimate of drug-likeness (QED) is 0.492. The van der Waals surface area contributed by atoms with Crippen LogP contribution in [0.1, 0.15) is 36.7 Å². The molecule has 1 amide bonds. The molecule has 0 bridgehead atoms. The van der Waals surface area contributed by atoms with Gasteiger partial charge in [0.25, 0.3) is 11.5 Å². The van der Waals surface area contributed by atoms with Crippen molar-refractivity contribution >= 4 is 32.4 Å². The van der Waals surface area contributed by atoms with Crippen LogP contribution < -0.4 is 10.9 Å². The fraction of sp³-hybridized carbons (Fsp3) is 0.375. The number of benzene rings is 2. The predicted octanol–water partition coefficient (Wildman–Crippen LogP) is 2.86. The average molecular weight is 485 g/mol. The lowest BCUT2D eigenvalue weighted by Crippen LogP contribution is -2.40. The Morgan fingerprint density at radius 2 is 1.79 bits per heavy atom. The van der Waals surface area contributed by atoms with Crippen molar-refractivity contribution in [2.45, 2.75) is 37.6 Å². The van der Waals surface area contributed by atoms with Gasteiger partial charge in [-0.3, -0.25) is 9.59 Å². The van der Waals surface area contributed by atoms with Crippen molar-refractivity contribution < 1.29 is 17.9 Å². The third-order valence-electron chi connectivity index (χ3n) is 5.76. The second-order valence-electron chi connectivity index (χ2n) is 8.13. The number of aromatic nitrogens is 2. The number of fused-ring (bicyclic) bond motifs is 1. The number of morpholine rings is 1. The smallest absolute Gasteiger partial charge is 0.276 e. The van der Waals surface area contributed by atoms with E-state index in [0.29, 0.717) is 36.2 Å². The van der Waals surface area contributed by atoms with Crippen molar-refractivity contribution in [1.82, 2.24) is 14.1 Å². The van der Waals surface area contributed by atoms with Gasteiger partial charge in [0, 0.05) is 30.7 Å². The maximum atomic E-state index is 13.2. The van der Waals surface area contributed by atoms with Gasteiger partial charge in [0.2, 0.25) is 10.0 Å². The van der Waals surface area contributed by atoms with Crippen molar-refractivity contribution in [1.29, 1.82) is 0 Å². The minimum Gasteiger partial charge on any atom is -0.379 e. The number of amides is 1. The van der Waals surface area contributed by atoms with E-state index in [2.05, 4.69) is 17.3 Å². The van der Waals surface area contributed by atoms with Crippen LogP contribution in [0.2, 0.25) is 0 Å². The van der Waals surface area contributed by atoms with Gasteiger partial charge in [0.05, 0.1) is 23.5 Å². The largest absolute Gasteiger partial charge is 0.379 e. The predicted molar refractivity (Wildman–Crippen MR) is 130 cm³/mol. The molecule has 1 aromatic heterocycles. The Balaban J connectivity index is 1.64. The van der Waals surface area contributed by atoms with Gasteiger partial charge < -0.3 is 10.1 Å². The van der Waals surface area contributed by atoms with Gasteiger partial charge in [-0.1, -0.05) is 44.0 Å². The first-order valence-electron chi connectivity index (χ1n) is 11.4. The molecule has 9 nitrogen and oxygen atoms in total. The first kappa shape index (κ1) is 24.1. The summed E-state index contributed by atoms with van der Waals surface area (Å²) in [7, 11) is -3.70. The summed E-state index contributed by atoms with van der Waals surface area (Å²) in [6.45, 7) is 3.77. The molecule has 0 spiro atoms. The molecule has 0 radical (unpaired) electrons. The minimum atomic E-state index is -3.70. The summed E-state index contributed by atoms with van der Waals surface area (Å²) in [6, 6.07) is 13.0. The van der Waals surface area contributed by atoms with E-state index < -0.39 is 15.9 Å². The summed E-state index contributed by atoms with van der Waals surface area (Å²) >= 11 is 0. The molecule has 0 saturated carbocycles. The van der Waals surface area contributed by atoms with Gasteiger partial charge in [-0.2, -0.15) is 9.40 Å². The van der Waals surface area contributed by atoms with E-state index in [-0.39, 0.29) is 29.2 Å².